The highest BCUT2D eigenvalue weighted by molar-refractivity contribution is 7.80. The fourth-order valence-electron chi connectivity index (χ4n) is 2.45. The van der Waals surface area contributed by atoms with Gasteiger partial charge in [-0.3, -0.25) is 4.79 Å². The van der Waals surface area contributed by atoms with Crippen LogP contribution in [-0.4, -0.2) is 17.5 Å². The third-order valence-electron chi connectivity index (χ3n) is 3.55. The Hall–Kier alpha value is -2.40. The molecule has 2 N–H and O–H groups in total. The summed E-state index contributed by atoms with van der Waals surface area (Å²) in [5.41, 5.74) is 2.97. The highest BCUT2D eigenvalue weighted by Crippen LogP contribution is 2.24. The third-order valence-corrected chi connectivity index (χ3v) is 3.85. The Labute approximate surface area is 140 Å². The molecule has 0 saturated carbocycles. The van der Waals surface area contributed by atoms with E-state index < -0.39 is 0 Å². The normalized spacial score (nSPS) is 10.7. The van der Waals surface area contributed by atoms with Crippen molar-refractivity contribution in [1.29, 1.82) is 0 Å². The Balaban J connectivity index is 1.67. The van der Waals surface area contributed by atoms with E-state index >= 15 is 0 Å². The Morgan fingerprint density at radius 3 is 2.74 bits per heavy atom. The monoisotopic (exact) mass is 326 g/mol. The Kier molecular flexibility index (Phi) is 4.57. The summed E-state index contributed by atoms with van der Waals surface area (Å²) in [5.74, 6) is 0.761. The number of carbonyl (C=O) groups excluding carboxylic acids is 1. The van der Waals surface area contributed by atoms with E-state index in [1.807, 2.05) is 36.5 Å². The smallest absolute Gasteiger partial charge is 0.221 e. The van der Waals surface area contributed by atoms with Crippen LogP contribution in [0.3, 0.4) is 0 Å². The van der Waals surface area contributed by atoms with Crippen molar-refractivity contribution in [3.8, 4) is 5.75 Å². The van der Waals surface area contributed by atoms with Gasteiger partial charge in [-0.05, 0) is 42.0 Å². The minimum atomic E-state index is -0.0766. The Morgan fingerprint density at radius 2 is 2.00 bits per heavy atom. The first-order valence-corrected chi connectivity index (χ1v) is 7.86. The first-order valence-electron chi connectivity index (χ1n) is 7.41. The van der Waals surface area contributed by atoms with Gasteiger partial charge in [-0.2, -0.15) is 0 Å². The number of fused-ring (bicyclic) bond motifs is 1. The maximum atomic E-state index is 11.2. The number of anilines is 1. The highest BCUT2D eigenvalue weighted by Gasteiger charge is 2.06. The Bertz CT molecular complexity index is 825. The molecule has 0 radical (unpaired) electrons. The molecule has 0 spiro atoms. The molecule has 0 aliphatic heterocycles. The van der Waals surface area contributed by atoms with Crippen molar-refractivity contribution in [2.24, 2.45) is 0 Å². The van der Waals surface area contributed by atoms with Crippen LogP contribution in [0.25, 0.3) is 10.9 Å². The lowest BCUT2D eigenvalue weighted by Gasteiger charge is -2.07. The molecular weight excluding hydrogens is 308 g/mol. The van der Waals surface area contributed by atoms with Crippen molar-refractivity contribution in [2.45, 2.75) is 18.2 Å². The van der Waals surface area contributed by atoms with Crippen LogP contribution in [0.4, 0.5) is 5.69 Å². The molecule has 0 aliphatic rings. The van der Waals surface area contributed by atoms with E-state index in [4.69, 9.17) is 4.74 Å². The lowest BCUT2D eigenvalue weighted by molar-refractivity contribution is -0.114. The maximum Gasteiger partial charge on any atom is 0.221 e. The number of nitrogens with one attached hydrogen (secondary N) is 2. The van der Waals surface area contributed by atoms with E-state index in [0.29, 0.717) is 6.61 Å². The second kappa shape index (κ2) is 6.79. The van der Waals surface area contributed by atoms with E-state index in [2.05, 4.69) is 35.1 Å². The molecule has 118 valence electrons. The van der Waals surface area contributed by atoms with Crippen molar-refractivity contribution in [3.63, 3.8) is 0 Å². The summed E-state index contributed by atoms with van der Waals surface area (Å²) in [6.45, 7) is 2.10. The van der Waals surface area contributed by atoms with Crippen LogP contribution in [0.1, 0.15) is 12.5 Å². The van der Waals surface area contributed by atoms with E-state index in [9.17, 15) is 4.79 Å². The molecule has 0 fully saturated rings. The number of aromatic amines is 1. The predicted molar refractivity (Wildman–Crippen MR) is 95.5 cm³/mol. The summed E-state index contributed by atoms with van der Waals surface area (Å²) in [6, 6.07) is 13.8. The van der Waals surface area contributed by atoms with Crippen LogP contribution in [0.5, 0.6) is 5.75 Å². The van der Waals surface area contributed by atoms with Crippen LogP contribution in [0.15, 0.2) is 53.6 Å². The molecule has 0 saturated heterocycles. The summed E-state index contributed by atoms with van der Waals surface area (Å²) in [7, 11) is 0. The van der Waals surface area contributed by atoms with Gasteiger partial charge in [0.2, 0.25) is 5.91 Å². The molecule has 3 rings (SSSR count). The molecule has 0 atom stereocenters. The number of carbonyl (C=O) groups is 1. The second-order valence-corrected chi connectivity index (χ2v) is 5.87. The highest BCUT2D eigenvalue weighted by atomic mass is 32.1. The lowest BCUT2D eigenvalue weighted by Crippen LogP contribution is -2.05. The quantitative estimate of drug-likeness (QED) is 0.620. The fraction of sp³-hybridized carbons (Fsp3) is 0.167. The van der Waals surface area contributed by atoms with E-state index in [0.717, 1.165) is 39.2 Å². The van der Waals surface area contributed by atoms with Crippen LogP contribution in [0.2, 0.25) is 0 Å². The molecule has 1 aromatic heterocycles. The summed E-state index contributed by atoms with van der Waals surface area (Å²) in [4.78, 5) is 15.3. The van der Waals surface area contributed by atoms with Gasteiger partial charge in [0.05, 0.1) is 12.3 Å². The van der Waals surface area contributed by atoms with Gasteiger partial charge in [0.1, 0.15) is 5.75 Å². The van der Waals surface area contributed by atoms with Gasteiger partial charge >= 0.3 is 0 Å². The zero-order chi connectivity index (χ0) is 16.2. The summed E-state index contributed by atoms with van der Waals surface area (Å²) < 4.78 is 5.74. The lowest BCUT2D eigenvalue weighted by atomic mass is 10.1. The summed E-state index contributed by atoms with van der Waals surface area (Å²) in [5, 5.41) is 3.84. The van der Waals surface area contributed by atoms with Gasteiger partial charge in [-0.1, -0.05) is 6.07 Å². The zero-order valence-corrected chi connectivity index (χ0v) is 13.7. The van der Waals surface area contributed by atoms with Crippen molar-refractivity contribution in [3.05, 3.63) is 54.2 Å². The molecule has 3 aromatic rings. The number of hydrogen-bond acceptors (Lipinski definition) is 3. The number of amides is 1. The van der Waals surface area contributed by atoms with Gasteiger partial charge in [0, 0.05) is 35.3 Å². The minimum Gasteiger partial charge on any atom is -0.493 e. The molecule has 1 amide bonds. The number of ether oxygens (including phenoxy) is 1. The first kappa shape index (κ1) is 15.5. The summed E-state index contributed by atoms with van der Waals surface area (Å²) in [6.07, 6.45) is 2.61. The third kappa shape index (κ3) is 3.87. The standard InChI is InChI=1S/C18H18N2O2S/c1-12(21)20-18-11-19-17-7-2-13(10-16(17)18)8-9-22-14-3-5-15(23)6-4-14/h2-7,10-11,19,23H,8-9H2,1H3,(H,20,21). The van der Waals surface area contributed by atoms with Crippen molar-refractivity contribution in [1.82, 2.24) is 4.98 Å². The van der Waals surface area contributed by atoms with Crippen LogP contribution in [0, 0.1) is 0 Å². The van der Waals surface area contributed by atoms with Gasteiger partial charge in [0.25, 0.3) is 0 Å². The Morgan fingerprint density at radius 1 is 1.22 bits per heavy atom. The fourth-order valence-corrected chi connectivity index (χ4v) is 2.59. The molecule has 0 aliphatic carbocycles. The molecule has 1 heterocycles. The van der Waals surface area contributed by atoms with Crippen molar-refractivity contribution >= 4 is 35.1 Å². The number of H-pyrrole nitrogens is 1. The SMILES string of the molecule is CC(=O)Nc1c[nH]c2ccc(CCOc3ccc(S)cc3)cc12. The van der Waals surface area contributed by atoms with Crippen molar-refractivity contribution < 1.29 is 9.53 Å². The molecule has 5 heteroatoms. The number of hydrogen-bond donors (Lipinski definition) is 3. The van der Waals surface area contributed by atoms with Crippen LogP contribution >= 0.6 is 12.6 Å². The van der Waals surface area contributed by atoms with Crippen LogP contribution < -0.4 is 10.1 Å². The van der Waals surface area contributed by atoms with E-state index in [1.54, 1.807) is 0 Å². The topological polar surface area (TPSA) is 54.1 Å². The average molecular weight is 326 g/mol. The minimum absolute atomic E-state index is 0.0766. The van der Waals surface area contributed by atoms with Crippen LogP contribution in [-0.2, 0) is 11.2 Å². The van der Waals surface area contributed by atoms with E-state index in [-0.39, 0.29) is 5.91 Å². The number of thiol groups is 1. The molecule has 4 nitrogen and oxygen atoms in total. The van der Waals surface area contributed by atoms with Crippen molar-refractivity contribution in [2.75, 3.05) is 11.9 Å². The van der Waals surface area contributed by atoms with Gasteiger partial charge in [-0.15, -0.1) is 12.6 Å². The molecular formula is C18H18N2O2S. The molecule has 0 unspecified atom stereocenters. The van der Waals surface area contributed by atoms with E-state index in [1.165, 1.54) is 6.92 Å². The zero-order valence-electron chi connectivity index (χ0n) is 12.8. The first-order chi connectivity index (χ1) is 11.1. The van der Waals surface area contributed by atoms with Gasteiger partial charge < -0.3 is 15.0 Å². The van der Waals surface area contributed by atoms with Gasteiger partial charge in [-0.25, -0.2) is 0 Å². The predicted octanol–water partition coefficient (Wildman–Crippen LogP) is 4.04. The molecule has 2 aromatic carbocycles. The summed E-state index contributed by atoms with van der Waals surface area (Å²) >= 11 is 4.25. The molecule has 0 bridgehead atoms. The largest absolute Gasteiger partial charge is 0.493 e. The number of rotatable bonds is 5. The maximum absolute atomic E-state index is 11.2. The second-order valence-electron chi connectivity index (χ2n) is 5.36. The average Bonchev–Trinajstić information content (AvgIpc) is 2.91. The number of benzene rings is 2. The molecule has 23 heavy (non-hydrogen) atoms. The number of aromatic nitrogens is 1. The van der Waals surface area contributed by atoms with Gasteiger partial charge in [0.15, 0.2) is 0 Å².